The lowest BCUT2D eigenvalue weighted by atomic mass is 10.1. The summed E-state index contributed by atoms with van der Waals surface area (Å²) < 4.78 is 0. The highest BCUT2D eigenvalue weighted by molar-refractivity contribution is 7.98. The fourth-order valence-corrected chi connectivity index (χ4v) is 3.55. The lowest BCUT2D eigenvalue weighted by Gasteiger charge is -2.03. The molecular formula is C14H10N2O2S2. The minimum absolute atomic E-state index is 0.312. The Morgan fingerprint density at radius 3 is 3.05 bits per heavy atom. The predicted molar refractivity (Wildman–Crippen MR) is 80.4 cm³/mol. The van der Waals surface area contributed by atoms with Gasteiger partial charge in [0.15, 0.2) is 0 Å². The summed E-state index contributed by atoms with van der Waals surface area (Å²) in [5.41, 5.74) is 1.28. The van der Waals surface area contributed by atoms with Gasteiger partial charge in [-0.05, 0) is 29.1 Å². The van der Waals surface area contributed by atoms with Crippen LogP contribution in [0, 0.1) is 0 Å². The van der Waals surface area contributed by atoms with Crippen LogP contribution in [0.3, 0.4) is 0 Å². The molecule has 0 aliphatic carbocycles. The SMILES string of the molecule is O=C(O)c1cccc(CSc2ncnc3sccc23)c1. The summed E-state index contributed by atoms with van der Waals surface area (Å²) in [6, 6.07) is 8.99. The van der Waals surface area contributed by atoms with Gasteiger partial charge in [-0.1, -0.05) is 12.1 Å². The highest BCUT2D eigenvalue weighted by Crippen LogP contribution is 2.29. The van der Waals surface area contributed by atoms with E-state index in [0.717, 1.165) is 20.8 Å². The summed E-state index contributed by atoms with van der Waals surface area (Å²) in [5, 5.41) is 13.0. The van der Waals surface area contributed by atoms with E-state index in [1.165, 1.54) is 0 Å². The van der Waals surface area contributed by atoms with Gasteiger partial charge < -0.3 is 5.11 Å². The fourth-order valence-electron chi connectivity index (χ4n) is 1.83. The van der Waals surface area contributed by atoms with Crippen molar-refractivity contribution < 1.29 is 9.90 Å². The smallest absolute Gasteiger partial charge is 0.335 e. The summed E-state index contributed by atoms with van der Waals surface area (Å²) in [4.78, 5) is 20.4. The van der Waals surface area contributed by atoms with Crippen LogP contribution in [-0.4, -0.2) is 21.0 Å². The number of hydrogen-bond acceptors (Lipinski definition) is 5. The van der Waals surface area contributed by atoms with Gasteiger partial charge in [0.2, 0.25) is 0 Å². The van der Waals surface area contributed by atoms with Crippen LogP contribution >= 0.6 is 23.1 Å². The molecule has 100 valence electrons. The Balaban J connectivity index is 1.81. The molecule has 1 N–H and O–H groups in total. The lowest BCUT2D eigenvalue weighted by molar-refractivity contribution is 0.0697. The zero-order chi connectivity index (χ0) is 13.9. The number of nitrogens with zero attached hydrogens (tertiary/aromatic N) is 2. The topological polar surface area (TPSA) is 63.1 Å². The summed E-state index contributed by atoms with van der Waals surface area (Å²) in [6.45, 7) is 0. The van der Waals surface area contributed by atoms with Gasteiger partial charge in [0, 0.05) is 11.1 Å². The van der Waals surface area contributed by atoms with Crippen LogP contribution in [0.25, 0.3) is 10.2 Å². The van der Waals surface area contributed by atoms with Crippen LogP contribution in [-0.2, 0) is 5.75 Å². The number of aromatic nitrogens is 2. The van der Waals surface area contributed by atoms with Crippen LogP contribution in [0.5, 0.6) is 0 Å². The summed E-state index contributed by atoms with van der Waals surface area (Å²) in [6.07, 6.45) is 1.56. The van der Waals surface area contributed by atoms with Crippen molar-refractivity contribution in [2.24, 2.45) is 0 Å². The van der Waals surface area contributed by atoms with Crippen molar-refractivity contribution in [3.05, 3.63) is 53.2 Å². The van der Waals surface area contributed by atoms with Gasteiger partial charge in [-0.3, -0.25) is 0 Å². The number of hydrogen-bond donors (Lipinski definition) is 1. The summed E-state index contributed by atoms with van der Waals surface area (Å²) in [7, 11) is 0. The summed E-state index contributed by atoms with van der Waals surface area (Å²) >= 11 is 3.18. The molecule has 4 nitrogen and oxygen atoms in total. The molecule has 0 radical (unpaired) electrons. The molecule has 0 amide bonds. The molecule has 6 heteroatoms. The molecule has 0 aliphatic heterocycles. The molecule has 3 rings (SSSR count). The first-order chi connectivity index (χ1) is 9.74. The standard InChI is InChI=1S/C14H10N2O2S2/c17-14(18)10-3-1-2-9(6-10)7-20-13-11-4-5-19-12(11)15-8-16-13/h1-6,8H,7H2,(H,17,18). The number of aromatic carboxylic acids is 1. The highest BCUT2D eigenvalue weighted by atomic mass is 32.2. The second kappa shape index (κ2) is 5.60. The molecule has 0 unspecified atom stereocenters. The molecule has 0 fully saturated rings. The van der Waals surface area contributed by atoms with Gasteiger partial charge in [-0.25, -0.2) is 14.8 Å². The first-order valence-corrected chi connectivity index (χ1v) is 7.74. The van der Waals surface area contributed by atoms with Crippen molar-refractivity contribution in [2.45, 2.75) is 10.8 Å². The quantitative estimate of drug-likeness (QED) is 0.588. The van der Waals surface area contributed by atoms with E-state index in [-0.39, 0.29) is 0 Å². The van der Waals surface area contributed by atoms with Crippen LogP contribution in [0.1, 0.15) is 15.9 Å². The fraction of sp³-hybridized carbons (Fsp3) is 0.0714. The Morgan fingerprint density at radius 2 is 2.20 bits per heavy atom. The Hall–Kier alpha value is -1.92. The molecule has 0 aliphatic rings. The molecule has 0 saturated carbocycles. The van der Waals surface area contributed by atoms with Crippen molar-refractivity contribution in [1.82, 2.24) is 9.97 Å². The Labute approximate surface area is 123 Å². The maximum atomic E-state index is 10.9. The lowest BCUT2D eigenvalue weighted by Crippen LogP contribution is -1.96. The molecule has 1 aromatic carbocycles. The Morgan fingerprint density at radius 1 is 1.30 bits per heavy atom. The van der Waals surface area contributed by atoms with Crippen molar-refractivity contribution in [2.75, 3.05) is 0 Å². The number of carbonyl (C=O) groups is 1. The number of thioether (sulfide) groups is 1. The van der Waals surface area contributed by atoms with Crippen molar-refractivity contribution in [1.29, 1.82) is 0 Å². The third kappa shape index (κ3) is 2.66. The van der Waals surface area contributed by atoms with E-state index in [4.69, 9.17) is 5.11 Å². The number of carboxylic acid groups (broad SMARTS) is 1. The minimum Gasteiger partial charge on any atom is -0.478 e. The molecule has 0 spiro atoms. The third-order valence-electron chi connectivity index (χ3n) is 2.77. The molecular weight excluding hydrogens is 292 g/mol. The van der Waals surface area contributed by atoms with Gasteiger partial charge in [-0.15, -0.1) is 23.1 Å². The number of rotatable bonds is 4. The van der Waals surface area contributed by atoms with E-state index in [1.54, 1.807) is 47.6 Å². The van der Waals surface area contributed by atoms with Crippen molar-refractivity contribution >= 4 is 39.3 Å². The van der Waals surface area contributed by atoms with E-state index < -0.39 is 5.97 Å². The average molecular weight is 302 g/mol. The predicted octanol–water partition coefficient (Wildman–Crippen LogP) is 3.68. The highest BCUT2D eigenvalue weighted by Gasteiger charge is 2.07. The largest absolute Gasteiger partial charge is 0.478 e. The van der Waals surface area contributed by atoms with Gasteiger partial charge in [0.25, 0.3) is 0 Å². The van der Waals surface area contributed by atoms with Crippen LogP contribution < -0.4 is 0 Å². The molecule has 2 aromatic heterocycles. The third-order valence-corrected chi connectivity index (χ3v) is 4.67. The molecule has 0 atom stereocenters. The molecule has 2 heterocycles. The molecule has 0 saturated heterocycles. The van der Waals surface area contributed by atoms with E-state index in [1.807, 2.05) is 17.5 Å². The second-order valence-corrected chi connectivity index (χ2v) is 5.97. The van der Waals surface area contributed by atoms with Gasteiger partial charge in [-0.2, -0.15) is 0 Å². The van der Waals surface area contributed by atoms with Crippen molar-refractivity contribution in [3.63, 3.8) is 0 Å². The molecule has 3 aromatic rings. The minimum atomic E-state index is -0.904. The van der Waals surface area contributed by atoms with Crippen LogP contribution in [0.4, 0.5) is 0 Å². The molecule has 0 bridgehead atoms. The first kappa shape index (κ1) is 13.1. The van der Waals surface area contributed by atoms with Gasteiger partial charge in [0.1, 0.15) is 16.2 Å². The molecule has 20 heavy (non-hydrogen) atoms. The Bertz CT molecular complexity index is 770. The number of benzene rings is 1. The van der Waals surface area contributed by atoms with Crippen LogP contribution in [0.15, 0.2) is 47.1 Å². The van der Waals surface area contributed by atoms with E-state index >= 15 is 0 Å². The van der Waals surface area contributed by atoms with E-state index in [9.17, 15) is 4.79 Å². The van der Waals surface area contributed by atoms with Gasteiger partial charge in [0.05, 0.1) is 5.56 Å². The van der Waals surface area contributed by atoms with E-state index in [2.05, 4.69) is 9.97 Å². The summed E-state index contributed by atoms with van der Waals surface area (Å²) in [5.74, 6) is -0.220. The normalized spacial score (nSPS) is 10.8. The van der Waals surface area contributed by atoms with Crippen molar-refractivity contribution in [3.8, 4) is 0 Å². The first-order valence-electron chi connectivity index (χ1n) is 5.87. The maximum absolute atomic E-state index is 10.9. The zero-order valence-corrected chi connectivity index (χ0v) is 11.9. The Kier molecular flexibility index (Phi) is 3.66. The second-order valence-electron chi connectivity index (χ2n) is 4.11. The monoisotopic (exact) mass is 302 g/mol. The number of carboxylic acids is 1. The van der Waals surface area contributed by atoms with E-state index in [0.29, 0.717) is 11.3 Å². The number of fused-ring (bicyclic) bond motifs is 1. The zero-order valence-electron chi connectivity index (χ0n) is 10.3. The van der Waals surface area contributed by atoms with Crippen LogP contribution in [0.2, 0.25) is 0 Å². The average Bonchev–Trinajstić information content (AvgIpc) is 2.94. The maximum Gasteiger partial charge on any atom is 0.335 e. The van der Waals surface area contributed by atoms with Gasteiger partial charge >= 0.3 is 5.97 Å². The number of thiophene rings is 1.